The van der Waals surface area contributed by atoms with Gasteiger partial charge in [0.2, 0.25) is 0 Å². The van der Waals surface area contributed by atoms with E-state index in [9.17, 15) is 14.4 Å². The van der Waals surface area contributed by atoms with Gasteiger partial charge in [0.15, 0.2) is 6.10 Å². The van der Waals surface area contributed by atoms with E-state index in [1.165, 1.54) is 70.6 Å². The predicted molar refractivity (Wildman–Crippen MR) is 256 cm³/mol. The summed E-state index contributed by atoms with van der Waals surface area (Å²) in [5, 5.41) is 0. The highest BCUT2D eigenvalue weighted by molar-refractivity contribution is 5.71. The van der Waals surface area contributed by atoms with E-state index in [0.29, 0.717) is 19.3 Å². The summed E-state index contributed by atoms with van der Waals surface area (Å²) in [6, 6.07) is 0. The molecule has 344 valence electrons. The highest BCUT2D eigenvalue weighted by Gasteiger charge is 2.19. The van der Waals surface area contributed by atoms with Gasteiger partial charge < -0.3 is 14.2 Å². The van der Waals surface area contributed by atoms with Crippen molar-refractivity contribution in [3.8, 4) is 0 Å². The maximum Gasteiger partial charge on any atom is 0.306 e. The minimum absolute atomic E-state index is 0.0831. The molecule has 0 heterocycles. The number of unbranched alkanes of at least 4 members (excludes halogenated alkanes) is 21. The molecule has 6 heteroatoms. The van der Waals surface area contributed by atoms with E-state index in [0.717, 1.165) is 122 Å². The van der Waals surface area contributed by atoms with Gasteiger partial charge in [0, 0.05) is 19.3 Å². The molecule has 0 fully saturated rings. The highest BCUT2D eigenvalue weighted by Crippen LogP contribution is 2.14. The molecular formula is C54H92O6. The SMILES string of the molecule is CC/C=C\C/C=C\C/C=C\C/C=C\CCCCCCCCCCC(=O)OCC(COC(=O)CCCCCCCCCC)OC(=O)CCCCCCC/C=C\C/C=C\CCC. The van der Waals surface area contributed by atoms with Crippen LogP contribution in [0.15, 0.2) is 72.9 Å². The van der Waals surface area contributed by atoms with Crippen molar-refractivity contribution >= 4 is 17.9 Å². The summed E-state index contributed by atoms with van der Waals surface area (Å²) in [6.07, 6.45) is 60.3. The van der Waals surface area contributed by atoms with Crippen LogP contribution in [-0.4, -0.2) is 37.2 Å². The van der Waals surface area contributed by atoms with E-state index in [1.54, 1.807) is 0 Å². The third kappa shape index (κ3) is 45.9. The number of carbonyl (C=O) groups is 3. The molecule has 1 unspecified atom stereocenters. The van der Waals surface area contributed by atoms with Crippen LogP contribution in [-0.2, 0) is 28.6 Å². The van der Waals surface area contributed by atoms with Crippen molar-refractivity contribution < 1.29 is 28.6 Å². The van der Waals surface area contributed by atoms with Crippen LogP contribution in [0.2, 0.25) is 0 Å². The molecule has 0 aliphatic carbocycles. The Balaban J connectivity index is 4.29. The fourth-order valence-corrected chi connectivity index (χ4v) is 6.71. The number of hydrogen-bond donors (Lipinski definition) is 0. The highest BCUT2D eigenvalue weighted by atomic mass is 16.6. The smallest absolute Gasteiger partial charge is 0.306 e. The number of rotatable bonds is 44. The minimum atomic E-state index is -0.782. The van der Waals surface area contributed by atoms with Crippen LogP contribution in [0, 0.1) is 0 Å². The predicted octanol–water partition coefficient (Wildman–Crippen LogP) is 16.3. The van der Waals surface area contributed by atoms with Gasteiger partial charge >= 0.3 is 17.9 Å². The summed E-state index contributed by atoms with van der Waals surface area (Å²) in [7, 11) is 0. The largest absolute Gasteiger partial charge is 0.462 e. The first-order valence-corrected chi connectivity index (χ1v) is 24.9. The van der Waals surface area contributed by atoms with Crippen molar-refractivity contribution in [3.05, 3.63) is 72.9 Å². The number of allylic oxidation sites excluding steroid dienone is 12. The van der Waals surface area contributed by atoms with E-state index in [2.05, 4.69) is 93.7 Å². The summed E-state index contributed by atoms with van der Waals surface area (Å²) in [6.45, 7) is 6.41. The van der Waals surface area contributed by atoms with Crippen LogP contribution in [0.25, 0.3) is 0 Å². The lowest BCUT2D eigenvalue weighted by Crippen LogP contribution is -2.30. The molecule has 0 radical (unpaired) electrons. The van der Waals surface area contributed by atoms with Crippen LogP contribution in [0.5, 0.6) is 0 Å². The Kier molecular flexibility index (Phi) is 46.0. The second kappa shape index (κ2) is 48.5. The normalized spacial score (nSPS) is 12.7. The molecule has 0 saturated heterocycles. The zero-order chi connectivity index (χ0) is 43.7. The van der Waals surface area contributed by atoms with Gasteiger partial charge in [-0.25, -0.2) is 0 Å². The molecule has 0 spiro atoms. The number of hydrogen-bond acceptors (Lipinski definition) is 6. The van der Waals surface area contributed by atoms with E-state index in [-0.39, 0.29) is 31.1 Å². The first kappa shape index (κ1) is 56.9. The average Bonchev–Trinajstić information content (AvgIpc) is 3.24. The molecule has 60 heavy (non-hydrogen) atoms. The average molecular weight is 837 g/mol. The molecule has 0 aliphatic heterocycles. The molecule has 6 nitrogen and oxygen atoms in total. The topological polar surface area (TPSA) is 78.9 Å². The van der Waals surface area contributed by atoms with Crippen LogP contribution in [0.3, 0.4) is 0 Å². The van der Waals surface area contributed by atoms with Crippen molar-refractivity contribution in [2.24, 2.45) is 0 Å². The maximum absolute atomic E-state index is 12.7. The molecule has 0 bridgehead atoms. The van der Waals surface area contributed by atoms with Crippen molar-refractivity contribution in [2.75, 3.05) is 13.2 Å². The molecule has 0 N–H and O–H groups in total. The van der Waals surface area contributed by atoms with Crippen molar-refractivity contribution in [1.29, 1.82) is 0 Å². The Morgan fingerprint density at radius 3 is 1.08 bits per heavy atom. The Labute approximate surface area is 370 Å². The summed E-state index contributed by atoms with van der Waals surface area (Å²) >= 11 is 0. The number of ether oxygens (including phenoxy) is 3. The van der Waals surface area contributed by atoms with Gasteiger partial charge in [-0.05, 0) is 83.5 Å². The molecule has 0 aliphatic rings. The summed E-state index contributed by atoms with van der Waals surface area (Å²) in [5.41, 5.74) is 0. The minimum Gasteiger partial charge on any atom is -0.462 e. The molecule has 0 aromatic heterocycles. The fourth-order valence-electron chi connectivity index (χ4n) is 6.71. The van der Waals surface area contributed by atoms with Crippen molar-refractivity contribution in [3.63, 3.8) is 0 Å². The molecular weight excluding hydrogens is 745 g/mol. The van der Waals surface area contributed by atoms with Gasteiger partial charge in [-0.3, -0.25) is 14.4 Å². The molecule has 0 aromatic carbocycles. The van der Waals surface area contributed by atoms with Gasteiger partial charge in [-0.1, -0.05) is 203 Å². The second-order valence-electron chi connectivity index (χ2n) is 16.3. The number of esters is 3. The zero-order valence-corrected chi connectivity index (χ0v) is 39.2. The lowest BCUT2D eigenvalue weighted by Gasteiger charge is -2.18. The summed E-state index contributed by atoms with van der Waals surface area (Å²) in [5.74, 6) is -0.911. The molecule has 0 amide bonds. The van der Waals surface area contributed by atoms with E-state index < -0.39 is 6.10 Å². The fraction of sp³-hybridized carbons (Fsp3) is 0.722. The van der Waals surface area contributed by atoms with E-state index in [1.807, 2.05) is 0 Å². The Bertz CT molecular complexity index is 1140. The first-order valence-electron chi connectivity index (χ1n) is 24.9. The van der Waals surface area contributed by atoms with Gasteiger partial charge in [0.25, 0.3) is 0 Å². The number of carbonyl (C=O) groups excluding carboxylic acids is 3. The zero-order valence-electron chi connectivity index (χ0n) is 39.2. The van der Waals surface area contributed by atoms with E-state index in [4.69, 9.17) is 14.2 Å². The van der Waals surface area contributed by atoms with Crippen LogP contribution >= 0.6 is 0 Å². The Morgan fingerprint density at radius 1 is 0.350 bits per heavy atom. The standard InChI is InChI=1S/C54H92O6/c1-4-7-10-13-16-19-21-23-24-25-26-27-28-29-30-32-33-35-38-41-44-47-53(56)59-50-51(49-58-52(55)46-43-40-37-18-15-12-9-6-3)60-54(57)48-45-42-39-36-34-31-22-20-17-14-11-8-5-2/h7,10-11,14,16,19-20,22-24,26-27,51H,4-6,8-9,12-13,15,17-18,21,25,28-50H2,1-3H3/b10-7-,14-11-,19-16-,22-20-,24-23-,27-26-. The summed E-state index contributed by atoms with van der Waals surface area (Å²) < 4.78 is 16.7. The van der Waals surface area contributed by atoms with E-state index >= 15 is 0 Å². The molecule has 0 saturated carbocycles. The summed E-state index contributed by atoms with van der Waals surface area (Å²) in [4.78, 5) is 37.8. The van der Waals surface area contributed by atoms with Crippen LogP contribution in [0.4, 0.5) is 0 Å². The van der Waals surface area contributed by atoms with Gasteiger partial charge in [0.1, 0.15) is 13.2 Å². The first-order chi connectivity index (χ1) is 29.5. The van der Waals surface area contributed by atoms with Crippen molar-refractivity contribution in [1.82, 2.24) is 0 Å². The third-order valence-electron chi connectivity index (χ3n) is 10.4. The quantitative estimate of drug-likeness (QED) is 0.0263. The van der Waals surface area contributed by atoms with Gasteiger partial charge in [-0.15, -0.1) is 0 Å². The maximum atomic E-state index is 12.7. The van der Waals surface area contributed by atoms with Crippen LogP contribution < -0.4 is 0 Å². The van der Waals surface area contributed by atoms with Gasteiger partial charge in [-0.2, -0.15) is 0 Å². The Morgan fingerprint density at radius 2 is 0.683 bits per heavy atom. The monoisotopic (exact) mass is 837 g/mol. The Hall–Kier alpha value is -3.15. The van der Waals surface area contributed by atoms with Gasteiger partial charge in [0.05, 0.1) is 0 Å². The molecule has 1 atom stereocenters. The lowest BCUT2D eigenvalue weighted by atomic mass is 10.1. The third-order valence-corrected chi connectivity index (χ3v) is 10.4. The lowest BCUT2D eigenvalue weighted by molar-refractivity contribution is -0.167. The van der Waals surface area contributed by atoms with Crippen LogP contribution in [0.1, 0.15) is 233 Å². The van der Waals surface area contributed by atoms with Crippen molar-refractivity contribution in [2.45, 2.75) is 239 Å². The molecule has 0 aromatic rings. The second-order valence-corrected chi connectivity index (χ2v) is 16.3. The molecule has 0 rings (SSSR count).